The molecule has 1 amide bonds. The number of carbonyl (C=O) groups is 1. The van der Waals surface area contributed by atoms with E-state index in [1.54, 1.807) is 10.9 Å². The highest BCUT2D eigenvalue weighted by atomic mass is 32.2. The first kappa shape index (κ1) is 18.0. The van der Waals surface area contributed by atoms with Gasteiger partial charge in [0.2, 0.25) is 5.16 Å². The number of tetrazole rings is 1. The summed E-state index contributed by atoms with van der Waals surface area (Å²) in [5, 5.41) is 15.4. The van der Waals surface area contributed by atoms with Crippen LogP contribution in [0.25, 0.3) is 0 Å². The molecule has 0 spiro atoms. The van der Waals surface area contributed by atoms with Crippen molar-refractivity contribution in [2.24, 2.45) is 0 Å². The third kappa shape index (κ3) is 4.47. The standard InChI is InChI=1S/C20H17N5O2S/c26-19(21-17-5-2-1-3-6-17)16-10-8-15(9-11-16)14-28-20-22-23-24-25(20)13-18-7-4-12-27-18/h1-12H,13-14H2,(H,21,26). The van der Waals surface area contributed by atoms with Gasteiger partial charge in [-0.2, -0.15) is 0 Å². The van der Waals surface area contributed by atoms with Gasteiger partial charge in [0.15, 0.2) is 0 Å². The maximum Gasteiger partial charge on any atom is 0.255 e. The van der Waals surface area contributed by atoms with Crippen LogP contribution in [0.5, 0.6) is 0 Å². The molecule has 0 radical (unpaired) electrons. The Bertz CT molecular complexity index is 1030. The number of amides is 1. The second-order valence-electron chi connectivity index (χ2n) is 6.00. The molecule has 0 aliphatic heterocycles. The number of carbonyl (C=O) groups excluding carboxylic acids is 1. The molecule has 0 unspecified atom stereocenters. The van der Waals surface area contributed by atoms with E-state index in [9.17, 15) is 4.79 Å². The van der Waals surface area contributed by atoms with Crippen molar-refractivity contribution in [3.8, 4) is 0 Å². The van der Waals surface area contributed by atoms with E-state index in [0.717, 1.165) is 17.0 Å². The van der Waals surface area contributed by atoms with Crippen LogP contribution < -0.4 is 5.32 Å². The molecule has 4 aromatic rings. The summed E-state index contributed by atoms with van der Waals surface area (Å²) in [6.45, 7) is 0.487. The van der Waals surface area contributed by atoms with Crippen molar-refractivity contribution >= 4 is 23.4 Å². The first-order valence-electron chi connectivity index (χ1n) is 8.64. The van der Waals surface area contributed by atoms with Gasteiger partial charge in [0.1, 0.15) is 12.3 Å². The zero-order valence-corrected chi connectivity index (χ0v) is 15.7. The van der Waals surface area contributed by atoms with E-state index in [0.29, 0.717) is 23.0 Å². The molecule has 140 valence electrons. The van der Waals surface area contributed by atoms with E-state index in [1.807, 2.05) is 66.7 Å². The number of anilines is 1. The van der Waals surface area contributed by atoms with Crippen LogP contribution in [0.2, 0.25) is 0 Å². The minimum Gasteiger partial charge on any atom is -0.467 e. The molecular formula is C20H17N5O2S. The first-order valence-corrected chi connectivity index (χ1v) is 9.63. The van der Waals surface area contributed by atoms with Gasteiger partial charge in [0.25, 0.3) is 5.91 Å². The zero-order chi connectivity index (χ0) is 19.2. The largest absolute Gasteiger partial charge is 0.467 e. The van der Waals surface area contributed by atoms with E-state index in [4.69, 9.17) is 4.42 Å². The normalized spacial score (nSPS) is 10.7. The van der Waals surface area contributed by atoms with Gasteiger partial charge in [-0.1, -0.05) is 42.1 Å². The molecule has 2 heterocycles. The van der Waals surface area contributed by atoms with Crippen molar-refractivity contribution in [3.05, 3.63) is 89.9 Å². The number of hydrogen-bond donors (Lipinski definition) is 1. The molecule has 7 nitrogen and oxygen atoms in total. The Morgan fingerprint density at radius 1 is 1.04 bits per heavy atom. The molecule has 8 heteroatoms. The lowest BCUT2D eigenvalue weighted by molar-refractivity contribution is 0.102. The number of aromatic nitrogens is 4. The maximum absolute atomic E-state index is 12.3. The summed E-state index contributed by atoms with van der Waals surface area (Å²) < 4.78 is 7.04. The summed E-state index contributed by atoms with van der Waals surface area (Å²) in [7, 11) is 0. The number of hydrogen-bond acceptors (Lipinski definition) is 6. The minimum absolute atomic E-state index is 0.132. The third-order valence-corrected chi connectivity index (χ3v) is 5.03. The summed E-state index contributed by atoms with van der Waals surface area (Å²) in [6, 6.07) is 20.6. The van der Waals surface area contributed by atoms with E-state index in [-0.39, 0.29) is 5.91 Å². The summed E-state index contributed by atoms with van der Waals surface area (Å²) in [6.07, 6.45) is 1.63. The van der Waals surface area contributed by atoms with Crippen LogP contribution in [0.4, 0.5) is 5.69 Å². The van der Waals surface area contributed by atoms with Crippen LogP contribution in [-0.4, -0.2) is 26.1 Å². The Kier molecular flexibility index (Phi) is 5.48. The SMILES string of the molecule is O=C(Nc1ccccc1)c1ccc(CSc2nnnn2Cc2ccco2)cc1. The van der Waals surface area contributed by atoms with Gasteiger partial charge in [0, 0.05) is 17.0 Å². The summed E-state index contributed by atoms with van der Waals surface area (Å²) in [5.41, 5.74) is 2.46. The van der Waals surface area contributed by atoms with Crippen LogP contribution in [0.15, 0.2) is 82.6 Å². The monoisotopic (exact) mass is 391 g/mol. The number of rotatable bonds is 7. The number of nitrogens with one attached hydrogen (secondary N) is 1. The molecule has 0 fully saturated rings. The second-order valence-corrected chi connectivity index (χ2v) is 6.95. The van der Waals surface area contributed by atoms with Crippen LogP contribution >= 0.6 is 11.8 Å². The number of furan rings is 1. The van der Waals surface area contributed by atoms with Gasteiger partial charge in [0.05, 0.1) is 6.26 Å². The average Bonchev–Trinajstić information content (AvgIpc) is 3.40. The lowest BCUT2D eigenvalue weighted by Gasteiger charge is -2.06. The fourth-order valence-corrected chi connectivity index (χ4v) is 3.41. The molecule has 0 saturated carbocycles. The van der Waals surface area contributed by atoms with Crippen molar-refractivity contribution in [2.75, 3.05) is 5.32 Å². The molecule has 0 aliphatic rings. The lowest BCUT2D eigenvalue weighted by atomic mass is 10.1. The molecule has 1 N–H and O–H groups in total. The Morgan fingerprint density at radius 3 is 2.61 bits per heavy atom. The number of thioether (sulfide) groups is 1. The van der Waals surface area contributed by atoms with Crippen LogP contribution in [0.1, 0.15) is 21.7 Å². The maximum atomic E-state index is 12.3. The van der Waals surface area contributed by atoms with Crippen LogP contribution in [0, 0.1) is 0 Å². The van der Waals surface area contributed by atoms with Crippen molar-refractivity contribution in [1.29, 1.82) is 0 Å². The van der Waals surface area contributed by atoms with Crippen molar-refractivity contribution in [3.63, 3.8) is 0 Å². The number of para-hydroxylation sites is 1. The molecular weight excluding hydrogens is 374 g/mol. The molecule has 0 bridgehead atoms. The van der Waals surface area contributed by atoms with E-state index in [1.165, 1.54) is 11.8 Å². The quantitative estimate of drug-likeness (QED) is 0.482. The summed E-state index contributed by atoms with van der Waals surface area (Å²) >= 11 is 1.53. The molecule has 0 aliphatic carbocycles. The smallest absolute Gasteiger partial charge is 0.255 e. The van der Waals surface area contributed by atoms with Crippen molar-refractivity contribution in [2.45, 2.75) is 17.5 Å². The summed E-state index contributed by atoms with van der Waals surface area (Å²) in [5.74, 6) is 1.36. The van der Waals surface area contributed by atoms with E-state index in [2.05, 4.69) is 20.8 Å². The van der Waals surface area contributed by atoms with Crippen molar-refractivity contribution < 1.29 is 9.21 Å². The Balaban J connectivity index is 1.35. The third-order valence-electron chi connectivity index (χ3n) is 4.00. The van der Waals surface area contributed by atoms with Gasteiger partial charge in [-0.05, 0) is 52.4 Å². The second kappa shape index (κ2) is 8.53. The lowest BCUT2D eigenvalue weighted by Crippen LogP contribution is -2.11. The Hall–Kier alpha value is -3.39. The van der Waals surface area contributed by atoms with Gasteiger partial charge >= 0.3 is 0 Å². The van der Waals surface area contributed by atoms with Crippen LogP contribution in [0.3, 0.4) is 0 Å². The zero-order valence-electron chi connectivity index (χ0n) is 14.9. The predicted octanol–water partition coefficient (Wildman–Crippen LogP) is 3.86. The van der Waals surface area contributed by atoms with Crippen LogP contribution in [-0.2, 0) is 12.3 Å². The Morgan fingerprint density at radius 2 is 1.86 bits per heavy atom. The van der Waals surface area contributed by atoms with Gasteiger partial charge in [-0.25, -0.2) is 4.68 Å². The number of benzene rings is 2. The molecule has 0 atom stereocenters. The topological polar surface area (TPSA) is 85.8 Å². The summed E-state index contributed by atoms with van der Waals surface area (Å²) in [4.78, 5) is 12.3. The Labute approximate surface area is 165 Å². The first-order chi connectivity index (χ1) is 13.8. The minimum atomic E-state index is -0.132. The highest BCUT2D eigenvalue weighted by Gasteiger charge is 2.10. The van der Waals surface area contributed by atoms with E-state index >= 15 is 0 Å². The molecule has 2 aromatic carbocycles. The molecule has 4 rings (SSSR count). The highest BCUT2D eigenvalue weighted by molar-refractivity contribution is 7.98. The molecule has 0 saturated heterocycles. The molecule has 2 aromatic heterocycles. The van der Waals surface area contributed by atoms with Gasteiger partial charge < -0.3 is 9.73 Å². The van der Waals surface area contributed by atoms with Gasteiger partial charge in [-0.3, -0.25) is 4.79 Å². The average molecular weight is 391 g/mol. The number of nitrogens with zero attached hydrogens (tertiary/aromatic N) is 4. The fourth-order valence-electron chi connectivity index (χ4n) is 2.57. The molecule has 28 heavy (non-hydrogen) atoms. The fraction of sp³-hybridized carbons (Fsp3) is 0.100. The highest BCUT2D eigenvalue weighted by Crippen LogP contribution is 2.21. The van der Waals surface area contributed by atoms with E-state index < -0.39 is 0 Å². The predicted molar refractivity (Wildman–Crippen MR) is 106 cm³/mol. The van der Waals surface area contributed by atoms with Crippen molar-refractivity contribution in [1.82, 2.24) is 20.2 Å². The van der Waals surface area contributed by atoms with Gasteiger partial charge in [-0.15, -0.1) is 5.10 Å².